The summed E-state index contributed by atoms with van der Waals surface area (Å²) in [4.78, 5) is 36.2. The Morgan fingerprint density at radius 2 is 1.53 bits per heavy atom. The summed E-state index contributed by atoms with van der Waals surface area (Å²) >= 11 is 0. The van der Waals surface area contributed by atoms with Crippen molar-refractivity contribution in [3.8, 4) is 11.1 Å². The summed E-state index contributed by atoms with van der Waals surface area (Å²) in [5, 5.41) is 14.5. The summed E-state index contributed by atoms with van der Waals surface area (Å²) in [7, 11) is 0. The van der Waals surface area contributed by atoms with Crippen LogP contribution < -0.4 is 10.6 Å². The normalized spacial score (nSPS) is 13.8. The first kappa shape index (κ1) is 26.6. The van der Waals surface area contributed by atoms with Gasteiger partial charge in [-0.15, -0.1) is 0 Å². The second-order valence-corrected chi connectivity index (χ2v) is 8.94. The molecule has 8 nitrogen and oxygen atoms in total. The van der Waals surface area contributed by atoms with E-state index in [0.717, 1.165) is 27.8 Å². The number of aliphatic carboxylic acids is 1. The molecule has 38 heavy (non-hydrogen) atoms. The lowest BCUT2D eigenvalue weighted by molar-refractivity contribution is -0.145. The van der Waals surface area contributed by atoms with Crippen LogP contribution in [-0.4, -0.2) is 48.4 Å². The summed E-state index contributed by atoms with van der Waals surface area (Å²) in [5.74, 6) is -1.86. The smallest absolute Gasteiger partial charge is 0.407 e. The van der Waals surface area contributed by atoms with Gasteiger partial charge >= 0.3 is 12.1 Å². The molecule has 0 saturated carbocycles. The third-order valence-electron chi connectivity index (χ3n) is 6.37. The van der Waals surface area contributed by atoms with Crippen molar-refractivity contribution in [3.05, 3.63) is 108 Å². The first-order valence-corrected chi connectivity index (χ1v) is 12.4. The molecule has 0 unspecified atom stereocenters. The molecule has 196 valence electrons. The van der Waals surface area contributed by atoms with E-state index in [9.17, 15) is 19.5 Å². The van der Waals surface area contributed by atoms with Crippen molar-refractivity contribution < 1.29 is 29.0 Å². The van der Waals surface area contributed by atoms with Crippen molar-refractivity contribution >= 4 is 18.0 Å². The number of carboxylic acids is 1. The van der Waals surface area contributed by atoms with Crippen LogP contribution in [-0.2, 0) is 25.7 Å². The fourth-order valence-electron chi connectivity index (χ4n) is 4.44. The fraction of sp³-hybridized carbons (Fsp3) is 0.233. The maximum Gasteiger partial charge on any atom is 0.407 e. The van der Waals surface area contributed by atoms with Gasteiger partial charge in [0.15, 0.2) is 6.04 Å². The molecule has 3 aromatic rings. The maximum absolute atomic E-state index is 12.3. The zero-order valence-electron chi connectivity index (χ0n) is 21.0. The lowest BCUT2D eigenvalue weighted by Crippen LogP contribution is -2.48. The maximum atomic E-state index is 12.3. The SMILES string of the molecule is C[C@@H](OCc1ccccc1)[C@H](NC(=O)/C=C/CNC(=O)OCC1c2ccccc2-c2ccccc21)C(=O)O. The molecule has 0 radical (unpaired) electrons. The molecular formula is C30H30N2O6. The summed E-state index contributed by atoms with van der Waals surface area (Å²) in [6.07, 6.45) is 1.22. The number of ether oxygens (including phenoxy) is 2. The molecule has 0 heterocycles. The molecule has 2 atom stereocenters. The highest BCUT2D eigenvalue weighted by molar-refractivity contribution is 5.91. The van der Waals surface area contributed by atoms with E-state index in [-0.39, 0.29) is 25.7 Å². The quantitative estimate of drug-likeness (QED) is 0.330. The minimum absolute atomic E-state index is 0.0435. The summed E-state index contributed by atoms with van der Waals surface area (Å²) in [5.41, 5.74) is 5.42. The van der Waals surface area contributed by atoms with Gasteiger partial charge in [0.1, 0.15) is 6.61 Å². The second-order valence-electron chi connectivity index (χ2n) is 8.94. The van der Waals surface area contributed by atoms with E-state index < -0.39 is 30.1 Å². The van der Waals surface area contributed by atoms with Gasteiger partial charge in [-0.05, 0) is 34.7 Å². The van der Waals surface area contributed by atoms with Gasteiger partial charge in [-0.1, -0.05) is 84.9 Å². The van der Waals surface area contributed by atoms with Crippen molar-refractivity contribution in [3.63, 3.8) is 0 Å². The van der Waals surface area contributed by atoms with E-state index in [1.807, 2.05) is 66.7 Å². The summed E-state index contributed by atoms with van der Waals surface area (Å²) in [6, 6.07) is 24.2. The number of benzene rings is 3. The van der Waals surface area contributed by atoms with Crippen LogP contribution in [0.2, 0.25) is 0 Å². The lowest BCUT2D eigenvalue weighted by atomic mass is 9.98. The van der Waals surface area contributed by atoms with E-state index >= 15 is 0 Å². The molecule has 0 spiro atoms. The molecule has 4 rings (SSSR count). The van der Waals surface area contributed by atoms with Crippen LogP contribution in [0.15, 0.2) is 91.0 Å². The van der Waals surface area contributed by atoms with Crippen LogP contribution in [0.5, 0.6) is 0 Å². The molecule has 8 heteroatoms. The zero-order chi connectivity index (χ0) is 26.9. The lowest BCUT2D eigenvalue weighted by Gasteiger charge is -2.21. The Hall–Kier alpha value is -4.43. The Balaban J connectivity index is 1.21. The first-order chi connectivity index (χ1) is 18.4. The van der Waals surface area contributed by atoms with Crippen molar-refractivity contribution in [1.82, 2.24) is 10.6 Å². The average Bonchev–Trinajstić information content (AvgIpc) is 3.25. The Kier molecular flexibility index (Phi) is 8.89. The third-order valence-corrected chi connectivity index (χ3v) is 6.37. The molecule has 0 fully saturated rings. The van der Waals surface area contributed by atoms with Crippen molar-refractivity contribution in [2.45, 2.75) is 31.6 Å². The molecule has 1 aliphatic rings. The number of rotatable bonds is 11. The monoisotopic (exact) mass is 514 g/mol. The Bertz CT molecular complexity index is 1260. The fourth-order valence-corrected chi connectivity index (χ4v) is 4.44. The molecule has 0 bridgehead atoms. The Morgan fingerprint density at radius 3 is 2.16 bits per heavy atom. The number of carboxylic acid groups (broad SMARTS) is 1. The second kappa shape index (κ2) is 12.7. The number of alkyl carbamates (subject to hydrolysis) is 1. The minimum Gasteiger partial charge on any atom is -0.480 e. The highest BCUT2D eigenvalue weighted by Gasteiger charge is 2.29. The van der Waals surface area contributed by atoms with Crippen LogP contribution in [0.4, 0.5) is 4.79 Å². The molecular weight excluding hydrogens is 484 g/mol. The van der Waals surface area contributed by atoms with Gasteiger partial charge in [0.25, 0.3) is 0 Å². The van der Waals surface area contributed by atoms with E-state index in [1.165, 1.54) is 12.2 Å². The van der Waals surface area contributed by atoms with Crippen LogP contribution >= 0.6 is 0 Å². The zero-order valence-corrected chi connectivity index (χ0v) is 21.0. The molecule has 3 N–H and O–H groups in total. The van der Waals surface area contributed by atoms with Gasteiger partial charge in [-0.2, -0.15) is 0 Å². The van der Waals surface area contributed by atoms with Gasteiger partial charge in [0.2, 0.25) is 5.91 Å². The topological polar surface area (TPSA) is 114 Å². The van der Waals surface area contributed by atoms with E-state index in [2.05, 4.69) is 22.8 Å². The first-order valence-electron chi connectivity index (χ1n) is 12.4. The summed E-state index contributed by atoms with van der Waals surface area (Å²) < 4.78 is 11.1. The molecule has 0 aliphatic heterocycles. The predicted molar refractivity (Wildman–Crippen MR) is 142 cm³/mol. The van der Waals surface area contributed by atoms with E-state index in [4.69, 9.17) is 9.47 Å². The third kappa shape index (κ3) is 6.66. The number of carbonyl (C=O) groups is 3. The molecule has 2 amide bonds. The molecule has 0 aromatic heterocycles. The van der Waals surface area contributed by atoms with Crippen LogP contribution in [0.1, 0.15) is 29.5 Å². The standard InChI is InChI=1S/C30H30N2O6/c1-20(37-18-21-10-3-2-4-11-21)28(29(34)35)32-27(33)16-9-17-31-30(36)38-19-26-24-14-7-5-12-22(24)23-13-6-8-15-25(23)26/h2-16,20,26,28H,17-19H2,1H3,(H,31,36)(H,32,33)(H,34,35)/b16-9+/t20-,28+/m1/s1. The number of fused-ring (bicyclic) bond motifs is 3. The van der Waals surface area contributed by atoms with E-state index in [0.29, 0.717) is 0 Å². The number of amides is 2. The van der Waals surface area contributed by atoms with Gasteiger partial charge in [0, 0.05) is 18.5 Å². The van der Waals surface area contributed by atoms with Crippen molar-refractivity contribution in [2.75, 3.05) is 13.2 Å². The van der Waals surface area contributed by atoms with Gasteiger partial charge < -0.3 is 25.2 Å². The number of hydrogen-bond acceptors (Lipinski definition) is 5. The van der Waals surface area contributed by atoms with Gasteiger partial charge in [-0.3, -0.25) is 4.79 Å². The molecule has 3 aromatic carbocycles. The molecule has 0 saturated heterocycles. The van der Waals surface area contributed by atoms with Gasteiger partial charge in [0.05, 0.1) is 12.7 Å². The highest BCUT2D eigenvalue weighted by Crippen LogP contribution is 2.44. The van der Waals surface area contributed by atoms with Crippen LogP contribution in [0, 0.1) is 0 Å². The van der Waals surface area contributed by atoms with E-state index in [1.54, 1.807) is 6.92 Å². The Labute approximate surface area is 221 Å². The van der Waals surface area contributed by atoms with Crippen LogP contribution in [0.25, 0.3) is 11.1 Å². The number of nitrogens with one attached hydrogen (secondary N) is 2. The number of hydrogen-bond donors (Lipinski definition) is 3. The van der Waals surface area contributed by atoms with Crippen molar-refractivity contribution in [1.29, 1.82) is 0 Å². The largest absolute Gasteiger partial charge is 0.480 e. The van der Waals surface area contributed by atoms with Crippen LogP contribution in [0.3, 0.4) is 0 Å². The predicted octanol–water partition coefficient (Wildman–Crippen LogP) is 4.26. The Morgan fingerprint density at radius 1 is 0.921 bits per heavy atom. The molecule has 1 aliphatic carbocycles. The summed E-state index contributed by atoms with van der Waals surface area (Å²) in [6.45, 7) is 2.04. The highest BCUT2D eigenvalue weighted by atomic mass is 16.5. The van der Waals surface area contributed by atoms with Gasteiger partial charge in [-0.25, -0.2) is 9.59 Å². The average molecular weight is 515 g/mol. The minimum atomic E-state index is -1.23. The van der Waals surface area contributed by atoms with Crippen molar-refractivity contribution in [2.24, 2.45) is 0 Å². The number of carbonyl (C=O) groups excluding carboxylic acids is 2.